The molecule has 1 aromatic rings. The number of nitrogens with zero attached hydrogens (tertiary/aromatic N) is 3. The lowest BCUT2D eigenvalue weighted by Crippen LogP contribution is -2.37. The molecule has 1 unspecified atom stereocenters. The molecule has 0 saturated carbocycles. The molecule has 2 N–H and O–H groups in total. The molecular formula is C14H24N4. The molecular weight excluding hydrogens is 224 g/mol. The van der Waals surface area contributed by atoms with E-state index in [1.54, 1.807) is 0 Å². The fourth-order valence-corrected chi connectivity index (χ4v) is 2.67. The molecule has 100 valence electrons. The van der Waals surface area contributed by atoms with Crippen molar-refractivity contribution in [2.45, 2.75) is 32.0 Å². The third-order valence-corrected chi connectivity index (χ3v) is 3.51. The van der Waals surface area contributed by atoms with E-state index in [2.05, 4.69) is 41.0 Å². The molecule has 0 radical (unpaired) electrons. The number of likely N-dealkylation sites (tertiary alicyclic amines) is 1. The maximum atomic E-state index is 5.64. The minimum atomic E-state index is 0.523. The van der Waals surface area contributed by atoms with Crippen LogP contribution < -0.4 is 5.73 Å². The molecule has 2 rings (SSSR count). The van der Waals surface area contributed by atoms with Crippen molar-refractivity contribution in [2.75, 3.05) is 27.2 Å². The summed E-state index contributed by atoms with van der Waals surface area (Å²) in [6.07, 6.45) is 2.60. The Hall–Kier alpha value is -0.970. The largest absolute Gasteiger partial charge is 0.325 e. The summed E-state index contributed by atoms with van der Waals surface area (Å²) in [7, 11) is 4.29. The third-order valence-electron chi connectivity index (χ3n) is 3.51. The molecule has 0 aromatic carbocycles. The van der Waals surface area contributed by atoms with Crippen molar-refractivity contribution in [3.8, 4) is 0 Å². The minimum Gasteiger partial charge on any atom is -0.325 e. The Morgan fingerprint density at radius 3 is 2.89 bits per heavy atom. The van der Waals surface area contributed by atoms with Crippen molar-refractivity contribution in [1.29, 1.82) is 0 Å². The van der Waals surface area contributed by atoms with Gasteiger partial charge in [0, 0.05) is 25.7 Å². The highest BCUT2D eigenvalue weighted by Crippen LogP contribution is 2.19. The summed E-state index contributed by atoms with van der Waals surface area (Å²) < 4.78 is 0. The Labute approximate surface area is 110 Å². The Morgan fingerprint density at radius 1 is 1.39 bits per heavy atom. The van der Waals surface area contributed by atoms with E-state index in [1.807, 2.05) is 6.07 Å². The second kappa shape index (κ2) is 6.27. The van der Waals surface area contributed by atoms with Crippen molar-refractivity contribution in [2.24, 2.45) is 5.73 Å². The number of likely N-dealkylation sites (N-methyl/N-ethyl adjacent to an activating group) is 1. The van der Waals surface area contributed by atoms with Gasteiger partial charge in [-0.3, -0.25) is 9.88 Å². The summed E-state index contributed by atoms with van der Waals surface area (Å²) in [5.74, 6) is 0. The molecule has 0 amide bonds. The first-order valence-corrected chi connectivity index (χ1v) is 6.72. The zero-order valence-electron chi connectivity index (χ0n) is 11.5. The van der Waals surface area contributed by atoms with Gasteiger partial charge in [-0.2, -0.15) is 0 Å². The topological polar surface area (TPSA) is 45.4 Å². The molecule has 4 nitrogen and oxygen atoms in total. The van der Waals surface area contributed by atoms with Gasteiger partial charge in [-0.1, -0.05) is 6.07 Å². The van der Waals surface area contributed by atoms with Crippen LogP contribution in [0.2, 0.25) is 0 Å². The van der Waals surface area contributed by atoms with Crippen LogP contribution in [-0.2, 0) is 13.1 Å². The number of aromatic nitrogens is 1. The van der Waals surface area contributed by atoms with E-state index in [1.165, 1.54) is 19.4 Å². The molecule has 18 heavy (non-hydrogen) atoms. The van der Waals surface area contributed by atoms with Crippen LogP contribution in [0.5, 0.6) is 0 Å². The maximum Gasteiger partial charge on any atom is 0.0547 e. The van der Waals surface area contributed by atoms with E-state index < -0.39 is 0 Å². The number of pyridine rings is 1. The molecule has 1 aliphatic rings. The summed E-state index contributed by atoms with van der Waals surface area (Å²) >= 11 is 0. The van der Waals surface area contributed by atoms with Gasteiger partial charge in [0.05, 0.1) is 11.4 Å². The van der Waals surface area contributed by atoms with Crippen molar-refractivity contribution in [3.05, 3.63) is 29.6 Å². The van der Waals surface area contributed by atoms with Crippen LogP contribution in [0.4, 0.5) is 0 Å². The van der Waals surface area contributed by atoms with E-state index in [0.717, 1.165) is 24.5 Å². The van der Waals surface area contributed by atoms with Gasteiger partial charge >= 0.3 is 0 Å². The molecule has 1 fully saturated rings. The van der Waals surface area contributed by atoms with Crippen LogP contribution in [0.1, 0.15) is 24.2 Å². The zero-order valence-corrected chi connectivity index (χ0v) is 11.5. The molecule has 2 heterocycles. The lowest BCUT2D eigenvalue weighted by molar-refractivity contribution is 0.199. The zero-order chi connectivity index (χ0) is 13.0. The number of hydrogen-bond donors (Lipinski definition) is 1. The van der Waals surface area contributed by atoms with Gasteiger partial charge < -0.3 is 10.6 Å². The van der Waals surface area contributed by atoms with E-state index in [4.69, 9.17) is 5.73 Å². The first-order chi connectivity index (χ1) is 8.69. The van der Waals surface area contributed by atoms with Crippen LogP contribution >= 0.6 is 0 Å². The average molecular weight is 248 g/mol. The van der Waals surface area contributed by atoms with Crippen LogP contribution in [0.25, 0.3) is 0 Å². The Balaban J connectivity index is 1.98. The summed E-state index contributed by atoms with van der Waals surface area (Å²) in [6, 6.07) is 6.82. The normalized spacial score (nSPS) is 20.8. The highest BCUT2D eigenvalue weighted by atomic mass is 15.2. The standard InChI is InChI=1S/C14H24N4/c1-17(2)11-14-7-4-8-18(14)10-13-6-3-5-12(9-15)16-13/h3,5-6,14H,4,7-11,15H2,1-2H3. The SMILES string of the molecule is CN(C)CC1CCCN1Cc1cccc(CN)n1. The second-order valence-corrected chi connectivity index (χ2v) is 5.35. The monoisotopic (exact) mass is 248 g/mol. The number of hydrogen-bond acceptors (Lipinski definition) is 4. The highest BCUT2D eigenvalue weighted by molar-refractivity contribution is 5.11. The quantitative estimate of drug-likeness (QED) is 0.846. The first kappa shape index (κ1) is 13.5. The van der Waals surface area contributed by atoms with Gasteiger partial charge in [0.15, 0.2) is 0 Å². The fraction of sp³-hybridized carbons (Fsp3) is 0.643. The molecule has 1 aromatic heterocycles. The predicted molar refractivity (Wildman–Crippen MR) is 74.1 cm³/mol. The van der Waals surface area contributed by atoms with Gasteiger partial charge in [0.1, 0.15) is 0 Å². The number of nitrogens with two attached hydrogens (primary N) is 1. The summed E-state index contributed by atoms with van der Waals surface area (Å²) in [5, 5.41) is 0. The van der Waals surface area contributed by atoms with E-state index in [-0.39, 0.29) is 0 Å². The van der Waals surface area contributed by atoms with Gasteiger partial charge in [-0.05, 0) is 45.6 Å². The van der Waals surface area contributed by atoms with Gasteiger partial charge in [0.2, 0.25) is 0 Å². The van der Waals surface area contributed by atoms with Crippen molar-refractivity contribution in [3.63, 3.8) is 0 Å². The molecule has 1 atom stereocenters. The summed E-state index contributed by atoms with van der Waals surface area (Å²) in [6.45, 7) is 3.80. The Bertz CT molecular complexity index is 378. The second-order valence-electron chi connectivity index (χ2n) is 5.35. The Kier molecular flexibility index (Phi) is 4.69. The first-order valence-electron chi connectivity index (χ1n) is 6.72. The Morgan fingerprint density at radius 2 is 2.17 bits per heavy atom. The maximum absolute atomic E-state index is 5.64. The van der Waals surface area contributed by atoms with Crippen molar-refractivity contribution < 1.29 is 0 Å². The highest BCUT2D eigenvalue weighted by Gasteiger charge is 2.25. The average Bonchev–Trinajstić information content (AvgIpc) is 2.76. The molecule has 4 heteroatoms. The lowest BCUT2D eigenvalue weighted by atomic mass is 10.2. The van der Waals surface area contributed by atoms with Gasteiger partial charge in [-0.15, -0.1) is 0 Å². The van der Waals surface area contributed by atoms with Crippen molar-refractivity contribution in [1.82, 2.24) is 14.8 Å². The predicted octanol–water partition coefficient (Wildman–Crippen LogP) is 1.07. The molecule has 0 aliphatic carbocycles. The molecule has 0 spiro atoms. The molecule has 0 bridgehead atoms. The van der Waals surface area contributed by atoms with Crippen LogP contribution in [0, 0.1) is 0 Å². The van der Waals surface area contributed by atoms with Crippen LogP contribution in [0.3, 0.4) is 0 Å². The summed E-state index contributed by atoms with van der Waals surface area (Å²) in [4.78, 5) is 9.40. The molecule has 1 saturated heterocycles. The van der Waals surface area contributed by atoms with Crippen molar-refractivity contribution >= 4 is 0 Å². The van der Waals surface area contributed by atoms with Crippen LogP contribution in [-0.4, -0.2) is 48.0 Å². The summed E-state index contributed by atoms with van der Waals surface area (Å²) in [5.41, 5.74) is 7.76. The smallest absolute Gasteiger partial charge is 0.0547 e. The third kappa shape index (κ3) is 3.51. The fourth-order valence-electron chi connectivity index (χ4n) is 2.67. The van der Waals surface area contributed by atoms with Gasteiger partial charge in [0.25, 0.3) is 0 Å². The molecule has 1 aliphatic heterocycles. The van der Waals surface area contributed by atoms with Crippen LogP contribution in [0.15, 0.2) is 18.2 Å². The lowest BCUT2D eigenvalue weighted by Gasteiger charge is -2.26. The van der Waals surface area contributed by atoms with E-state index in [9.17, 15) is 0 Å². The number of rotatable bonds is 5. The minimum absolute atomic E-state index is 0.523. The van der Waals surface area contributed by atoms with Gasteiger partial charge in [-0.25, -0.2) is 0 Å². The van der Waals surface area contributed by atoms with E-state index >= 15 is 0 Å². The van der Waals surface area contributed by atoms with E-state index in [0.29, 0.717) is 12.6 Å².